The highest BCUT2D eigenvalue weighted by molar-refractivity contribution is 6.31. The van der Waals surface area contributed by atoms with E-state index in [0.717, 1.165) is 40.5 Å². The van der Waals surface area contributed by atoms with Crippen molar-refractivity contribution < 1.29 is 4.74 Å². The highest BCUT2D eigenvalue weighted by Gasteiger charge is 2.10. The Morgan fingerprint density at radius 2 is 1.75 bits per heavy atom. The van der Waals surface area contributed by atoms with Crippen LogP contribution in [0.4, 0.5) is 0 Å². The third kappa shape index (κ3) is 3.53. The first-order valence-electron chi connectivity index (χ1n) is 6.86. The summed E-state index contributed by atoms with van der Waals surface area (Å²) in [6.45, 7) is 4.81. The minimum Gasteiger partial charge on any atom is -0.494 e. The molecule has 20 heavy (non-hydrogen) atoms. The second kappa shape index (κ2) is 6.78. The summed E-state index contributed by atoms with van der Waals surface area (Å²) in [5.41, 5.74) is 9.47. The van der Waals surface area contributed by atoms with E-state index in [9.17, 15) is 0 Å². The molecule has 0 bridgehead atoms. The van der Waals surface area contributed by atoms with Crippen molar-refractivity contribution in [2.24, 2.45) is 5.73 Å². The molecule has 0 radical (unpaired) electrons. The van der Waals surface area contributed by atoms with Crippen LogP contribution in [-0.2, 0) is 0 Å². The van der Waals surface area contributed by atoms with E-state index in [1.165, 1.54) is 0 Å². The lowest BCUT2D eigenvalue weighted by Gasteiger charge is -2.14. The van der Waals surface area contributed by atoms with Crippen molar-refractivity contribution in [1.82, 2.24) is 0 Å². The number of ether oxygens (including phenoxy) is 1. The monoisotopic (exact) mass is 289 g/mol. The summed E-state index contributed by atoms with van der Waals surface area (Å²) in [6, 6.07) is 13.7. The Kier molecular flexibility index (Phi) is 5.05. The molecular formula is C17H20ClNO. The molecule has 1 atom stereocenters. The van der Waals surface area contributed by atoms with Crippen molar-refractivity contribution in [3.63, 3.8) is 0 Å². The number of halogens is 1. The summed E-state index contributed by atoms with van der Waals surface area (Å²) in [7, 11) is 0. The van der Waals surface area contributed by atoms with E-state index in [1.807, 2.05) is 49.4 Å². The number of nitrogens with two attached hydrogens (primary N) is 1. The molecule has 2 N–H and O–H groups in total. The van der Waals surface area contributed by atoms with Crippen molar-refractivity contribution >= 4 is 11.6 Å². The Morgan fingerprint density at radius 3 is 2.35 bits per heavy atom. The summed E-state index contributed by atoms with van der Waals surface area (Å²) in [4.78, 5) is 0. The molecule has 2 aromatic rings. The van der Waals surface area contributed by atoms with E-state index in [4.69, 9.17) is 22.1 Å². The lowest BCUT2D eigenvalue weighted by molar-refractivity contribution is 0.317. The van der Waals surface area contributed by atoms with Gasteiger partial charge in [0.1, 0.15) is 5.75 Å². The van der Waals surface area contributed by atoms with Gasteiger partial charge in [-0.3, -0.25) is 0 Å². The van der Waals surface area contributed by atoms with Crippen LogP contribution in [0.25, 0.3) is 0 Å². The number of aryl methyl sites for hydroxylation is 1. The molecule has 0 fully saturated rings. The molecular weight excluding hydrogens is 270 g/mol. The molecule has 2 nitrogen and oxygen atoms in total. The van der Waals surface area contributed by atoms with Crippen LogP contribution < -0.4 is 10.5 Å². The summed E-state index contributed by atoms with van der Waals surface area (Å²) >= 11 is 6.04. The lowest BCUT2D eigenvalue weighted by Crippen LogP contribution is -2.12. The third-order valence-corrected chi connectivity index (χ3v) is 3.68. The molecule has 2 rings (SSSR count). The van der Waals surface area contributed by atoms with E-state index < -0.39 is 0 Å². The predicted octanol–water partition coefficient (Wildman–Crippen LogP) is 4.49. The highest BCUT2D eigenvalue weighted by Crippen LogP contribution is 2.25. The first-order valence-corrected chi connectivity index (χ1v) is 7.24. The molecule has 0 aliphatic carbocycles. The summed E-state index contributed by atoms with van der Waals surface area (Å²) < 4.78 is 5.57. The van der Waals surface area contributed by atoms with Gasteiger partial charge in [-0.25, -0.2) is 0 Å². The van der Waals surface area contributed by atoms with Gasteiger partial charge in [-0.05, 0) is 48.2 Å². The van der Waals surface area contributed by atoms with Gasteiger partial charge in [0.15, 0.2) is 0 Å². The minimum absolute atomic E-state index is 0.147. The quantitative estimate of drug-likeness (QED) is 0.880. The number of hydrogen-bond acceptors (Lipinski definition) is 2. The number of hydrogen-bond donors (Lipinski definition) is 1. The average Bonchev–Trinajstić information content (AvgIpc) is 2.48. The fraction of sp³-hybridized carbons (Fsp3) is 0.294. The fourth-order valence-electron chi connectivity index (χ4n) is 2.05. The molecule has 0 aliphatic heterocycles. The molecule has 3 heteroatoms. The summed E-state index contributed by atoms with van der Waals surface area (Å²) in [5, 5.41) is 0.768. The van der Waals surface area contributed by atoms with Crippen molar-refractivity contribution in [2.75, 3.05) is 6.61 Å². The number of rotatable bonds is 5. The van der Waals surface area contributed by atoms with Crippen LogP contribution in [0.15, 0.2) is 42.5 Å². The van der Waals surface area contributed by atoms with Crippen molar-refractivity contribution in [1.29, 1.82) is 0 Å². The van der Waals surface area contributed by atoms with Crippen LogP contribution in [0.2, 0.25) is 5.02 Å². The van der Waals surface area contributed by atoms with Gasteiger partial charge in [0.2, 0.25) is 0 Å². The molecule has 0 saturated carbocycles. The standard InChI is InChI=1S/C17H20ClNO/c1-3-10-20-15-7-4-13(5-8-15)17(19)14-6-9-16(18)12(2)11-14/h4-9,11,17H,3,10,19H2,1-2H3. The first kappa shape index (κ1) is 14.9. The first-order chi connectivity index (χ1) is 9.61. The smallest absolute Gasteiger partial charge is 0.119 e. The van der Waals surface area contributed by atoms with Crippen LogP contribution in [0.1, 0.15) is 36.1 Å². The fourth-order valence-corrected chi connectivity index (χ4v) is 2.16. The molecule has 1 unspecified atom stereocenters. The number of benzene rings is 2. The zero-order chi connectivity index (χ0) is 14.5. The van der Waals surface area contributed by atoms with Crippen LogP contribution in [0, 0.1) is 6.92 Å². The van der Waals surface area contributed by atoms with Crippen LogP contribution in [0.3, 0.4) is 0 Å². The predicted molar refractivity (Wildman–Crippen MR) is 84.4 cm³/mol. The second-order valence-electron chi connectivity index (χ2n) is 4.90. The van der Waals surface area contributed by atoms with Gasteiger partial charge < -0.3 is 10.5 Å². The Hall–Kier alpha value is -1.51. The molecule has 106 valence electrons. The maximum Gasteiger partial charge on any atom is 0.119 e. The Morgan fingerprint density at radius 1 is 1.10 bits per heavy atom. The second-order valence-corrected chi connectivity index (χ2v) is 5.31. The van der Waals surface area contributed by atoms with Crippen LogP contribution in [0.5, 0.6) is 5.75 Å². The van der Waals surface area contributed by atoms with Gasteiger partial charge >= 0.3 is 0 Å². The topological polar surface area (TPSA) is 35.2 Å². The SMILES string of the molecule is CCCOc1ccc(C(N)c2ccc(Cl)c(C)c2)cc1. The largest absolute Gasteiger partial charge is 0.494 e. The Bertz CT molecular complexity index is 566. The third-order valence-electron chi connectivity index (χ3n) is 3.25. The normalized spacial score (nSPS) is 12.2. The molecule has 0 amide bonds. The summed E-state index contributed by atoms with van der Waals surface area (Å²) in [6.07, 6.45) is 1.01. The average molecular weight is 290 g/mol. The maximum atomic E-state index is 6.30. The van der Waals surface area contributed by atoms with Gasteiger partial charge in [0.25, 0.3) is 0 Å². The van der Waals surface area contributed by atoms with Crippen LogP contribution in [-0.4, -0.2) is 6.61 Å². The molecule has 0 aliphatic rings. The van der Waals surface area contributed by atoms with E-state index in [-0.39, 0.29) is 6.04 Å². The van der Waals surface area contributed by atoms with Gasteiger partial charge in [-0.2, -0.15) is 0 Å². The molecule has 0 spiro atoms. The Balaban J connectivity index is 2.15. The van der Waals surface area contributed by atoms with Crippen molar-refractivity contribution in [3.8, 4) is 5.75 Å². The van der Waals surface area contributed by atoms with Crippen molar-refractivity contribution in [2.45, 2.75) is 26.3 Å². The zero-order valence-electron chi connectivity index (χ0n) is 11.9. The molecule has 2 aromatic carbocycles. The van der Waals surface area contributed by atoms with Gasteiger partial charge in [-0.15, -0.1) is 0 Å². The highest BCUT2D eigenvalue weighted by atomic mass is 35.5. The molecule has 0 aromatic heterocycles. The molecule has 0 heterocycles. The van der Waals surface area contributed by atoms with E-state index >= 15 is 0 Å². The van der Waals surface area contributed by atoms with Gasteiger partial charge in [0, 0.05) is 5.02 Å². The molecule has 0 saturated heterocycles. The Labute approximate surface area is 125 Å². The van der Waals surface area contributed by atoms with Gasteiger partial charge in [-0.1, -0.05) is 42.8 Å². The minimum atomic E-state index is -0.147. The van der Waals surface area contributed by atoms with Crippen molar-refractivity contribution in [3.05, 3.63) is 64.2 Å². The maximum absolute atomic E-state index is 6.30. The summed E-state index contributed by atoms with van der Waals surface area (Å²) in [5.74, 6) is 0.884. The van der Waals surface area contributed by atoms with Crippen LogP contribution >= 0.6 is 11.6 Å². The zero-order valence-corrected chi connectivity index (χ0v) is 12.7. The van der Waals surface area contributed by atoms with E-state index in [1.54, 1.807) is 0 Å². The lowest BCUT2D eigenvalue weighted by atomic mass is 9.98. The van der Waals surface area contributed by atoms with Gasteiger partial charge in [0.05, 0.1) is 12.6 Å². The van der Waals surface area contributed by atoms with E-state index in [0.29, 0.717) is 0 Å². The van der Waals surface area contributed by atoms with E-state index in [2.05, 4.69) is 6.92 Å².